The fourth-order valence-electron chi connectivity index (χ4n) is 3.40. The number of hydrogen-bond acceptors (Lipinski definition) is 6. The molecule has 0 bridgehead atoms. The summed E-state index contributed by atoms with van der Waals surface area (Å²) in [6.07, 6.45) is 1.96. The zero-order chi connectivity index (χ0) is 23.0. The molecule has 0 radical (unpaired) electrons. The summed E-state index contributed by atoms with van der Waals surface area (Å²) in [6.45, 7) is 0. The number of aromatic nitrogens is 3. The smallest absolute Gasteiger partial charge is 0.280 e. The zero-order valence-electron chi connectivity index (χ0n) is 16.5. The Bertz CT molecular complexity index is 1360. The molecule has 2 heterocycles. The van der Waals surface area contributed by atoms with E-state index in [0.29, 0.717) is 6.42 Å². The molecule has 11 heteroatoms. The number of likely N-dealkylation sites (N-methyl/N-ethyl adjacent to an activating group) is 1. The molecule has 32 heavy (non-hydrogen) atoms. The lowest BCUT2D eigenvalue weighted by Crippen LogP contribution is -2.46. The Morgan fingerprint density at radius 2 is 1.81 bits per heavy atom. The van der Waals surface area contributed by atoms with Crippen LogP contribution in [0.25, 0.3) is 5.69 Å². The van der Waals surface area contributed by atoms with E-state index in [9.17, 15) is 14.9 Å². The van der Waals surface area contributed by atoms with Crippen LogP contribution in [-0.4, -0.2) is 38.5 Å². The van der Waals surface area contributed by atoms with Gasteiger partial charge >= 0.3 is 0 Å². The van der Waals surface area contributed by atoms with E-state index in [1.165, 1.54) is 19.2 Å². The predicted molar refractivity (Wildman–Crippen MR) is 118 cm³/mol. The summed E-state index contributed by atoms with van der Waals surface area (Å²) in [7, 11) is 1.39. The average molecular weight is 488 g/mol. The number of hydrogen-bond donors (Lipinski definition) is 0. The summed E-state index contributed by atoms with van der Waals surface area (Å²) in [5.41, 5.74) is 1.03. The number of nitriles is 1. The van der Waals surface area contributed by atoms with Gasteiger partial charge in [-0.3, -0.25) is 14.5 Å². The van der Waals surface area contributed by atoms with Gasteiger partial charge in [-0.2, -0.15) is 15.0 Å². The lowest BCUT2D eigenvalue weighted by atomic mass is 9.90. The quantitative estimate of drug-likeness (QED) is 0.319. The first-order valence-electron chi connectivity index (χ1n) is 9.27. The number of carbonyl (C=O) groups excluding carboxylic acids is 2. The Morgan fingerprint density at radius 1 is 1.09 bits per heavy atom. The molecule has 1 atom stereocenters. The predicted octanol–water partition coefficient (Wildman–Crippen LogP) is 3.55. The van der Waals surface area contributed by atoms with Crippen molar-refractivity contribution in [2.75, 3.05) is 7.05 Å². The molecule has 0 fully saturated rings. The van der Waals surface area contributed by atoms with Gasteiger partial charge in [-0.15, -0.1) is 4.99 Å². The highest BCUT2D eigenvalue weighted by Crippen LogP contribution is 2.34. The molecule has 2 aromatic carbocycles. The maximum atomic E-state index is 12.9. The molecule has 1 aliphatic heterocycles. The van der Waals surface area contributed by atoms with Crippen LogP contribution in [0.3, 0.4) is 0 Å². The summed E-state index contributed by atoms with van der Waals surface area (Å²) < 4.78 is 1.13. The van der Waals surface area contributed by atoms with Crippen LogP contribution in [0.15, 0.2) is 47.5 Å². The van der Waals surface area contributed by atoms with Gasteiger partial charge in [-0.05, 0) is 24.1 Å². The van der Waals surface area contributed by atoms with Crippen molar-refractivity contribution >= 4 is 46.6 Å². The minimum atomic E-state index is -0.783. The average Bonchev–Trinajstić information content (AvgIpc) is 2.80. The van der Waals surface area contributed by atoms with E-state index < -0.39 is 17.7 Å². The first-order valence-corrected chi connectivity index (χ1v) is 10.4. The van der Waals surface area contributed by atoms with Crippen molar-refractivity contribution in [3.05, 3.63) is 80.1 Å². The van der Waals surface area contributed by atoms with E-state index >= 15 is 0 Å². The van der Waals surface area contributed by atoms with Crippen LogP contribution < -0.4 is 5.62 Å². The second-order valence-electron chi connectivity index (χ2n) is 6.91. The van der Waals surface area contributed by atoms with Gasteiger partial charge in [0.25, 0.3) is 11.5 Å². The summed E-state index contributed by atoms with van der Waals surface area (Å²) in [5, 5.41) is 13.9. The maximum absolute atomic E-state index is 12.9. The number of imide groups is 1. The van der Waals surface area contributed by atoms with Crippen molar-refractivity contribution in [3.8, 4) is 11.9 Å². The molecule has 160 valence electrons. The van der Waals surface area contributed by atoms with E-state index in [4.69, 9.17) is 34.8 Å². The molecule has 0 saturated carbocycles. The van der Waals surface area contributed by atoms with Crippen molar-refractivity contribution in [2.45, 2.75) is 12.3 Å². The highest BCUT2D eigenvalue weighted by Gasteiger charge is 2.40. The highest BCUT2D eigenvalue weighted by atomic mass is 35.5. The number of carbonyl (C=O) groups is 2. The van der Waals surface area contributed by atoms with Crippen LogP contribution in [0.4, 0.5) is 0 Å². The van der Waals surface area contributed by atoms with E-state index in [0.717, 1.165) is 15.1 Å². The first-order chi connectivity index (χ1) is 15.3. The third kappa shape index (κ3) is 3.75. The molecule has 1 aliphatic rings. The SMILES string of the molecule is CN1C(=O)c2nn(-c3ccc(Cl)c(Cl)c3Cl)c(=NC#N)nc2C(Cc2ccccc2)C1=O. The normalized spacial score (nSPS) is 16.2. The van der Waals surface area contributed by atoms with Crippen LogP contribution in [0.1, 0.15) is 27.7 Å². The molecular formula is C21H13Cl3N6O2. The summed E-state index contributed by atoms with van der Waals surface area (Å²) in [5.74, 6) is -1.83. The molecule has 2 amide bonds. The molecule has 8 nitrogen and oxygen atoms in total. The summed E-state index contributed by atoms with van der Waals surface area (Å²) >= 11 is 18.5. The fraction of sp³-hybridized carbons (Fsp3) is 0.143. The van der Waals surface area contributed by atoms with Gasteiger partial charge in [0.1, 0.15) is 0 Å². The molecule has 1 aromatic heterocycles. The molecule has 3 aromatic rings. The zero-order valence-corrected chi connectivity index (χ0v) is 18.7. The van der Waals surface area contributed by atoms with Crippen LogP contribution >= 0.6 is 34.8 Å². The van der Waals surface area contributed by atoms with Gasteiger partial charge in [0.05, 0.1) is 32.4 Å². The van der Waals surface area contributed by atoms with Crippen molar-refractivity contribution in [2.24, 2.45) is 4.99 Å². The van der Waals surface area contributed by atoms with Gasteiger partial charge in [0, 0.05) is 7.05 Å². The summed E-state index contributed by atoms with van der Waals surface area (Å²) in [6, 6.07) is 12.3. The Kier molecular flexibility index (Phi) is 5.98. The third-order valence-corrected chi connectivity index (χ3v) is 6.28. The van der Waals surface area contributed by atoms with Gasteiger partial charge in [0.2, 0.25) is 12.1 Å². The van der Waals surface area contributed by atoms with Gasteiger partial charge < -0.3 is 0 Å². The molecule has 0 saturated heterocycles. The number of nitrogens with zero attached hydrogens (tertiary/aromatic N) is 6. The van der Waals surface area contributed by atoms with E-state index in [1.807, 2.05) is 30.3 Å². The third-order valence-electron chi connectivity index (χ3n) is 4.99. The minimum Gasteiger partial charge on any atom is -0.280 e. The van der Waals surface area contributed by atoms with E-state index in [1.54, 1.807) is 6.19 Å². The molecule has 1 unspecified atom stereocenters. The van der Waals surface area contributed by atoms with Crippen LogP contribution in [0.2, 0.25) is 15.1 Å². The molecular weight excluding hydrogens is 475 g/mol. The molecule has 0 spiro atoms. The van der Waals surface area contributed by atoms with Crippen molar-refractivity contribution in [1.82, 2.24) is 19.7 Å². The number of benzene rings is 2. The van der Waals surface area contributed by atoms with Crippen LogP contribution in [0, 0.1) is 11.5 Å². The second kappa shape index (κ2) is 8.71. The topological polar surface area (TPSA) is 104 Å². The Balaban J connectivity index is 1.96. The number of rotatable bonds is 3. The standard InChI is InChI=1S/C21H13Cl3N6O2/c1-29-19(31)12(9-11-5-3-2-4-6-11)17-18(20(29)32)28-30(21(27-17)26-10-25)14-8-7-13(22)15(23)16(14)24/h2-8,12H,9H2,1H3. The fourth-order valence-corrected chi connectivity index (χ4v) is 4.01. The lowest BCUT2D eigenvalue weighted by Gasteiger charge is -2.29. The first kappa shape index (κ1) is 22.0. The Morgan fingerprint density at radius 3 is 2.50 bits per heavy atom. The molecule has 0 aliphatic carbocycles. The van der Waals surface area contributed by atoms with Crippen molar-refractivity contribution < 1.29 is 9.59 Å². The van der Waals surface area contributed by atoms with E-state index in [2.05, 4.69) is 15.1 Å². The van der Waals surface area contributed by atoms with Crippen molar-refractivity contribution in [3.63, 3.8) is 0 Å². The number of fused-ring (bicyclic) bond motifs is 1. The van der Waals surface area contributed by atoms with E-state index in [-0.39, 0.29) is 37.8 Å². The van der Waals surface area contributed by atoms with Crippen LogP contribution in [0.5, 0.6) is 0 Å². The van der Waals surface area contributed by atoms with Crippen LogP contribution in [-0.2, 0) is 11.2 Å². The number of amides is 2. The summed E-state index contributed by atoms with van der Waals surface area (Å²) in [4.78, 5) is 35.0. The van der Waals surface area contributed by atoms with Gasteiger partial charge in [-0.25, -0.2) is 4.98 Å². The number of halogens is 3. The molecule has 4 rings (SSSR count). The van der Waals surface area contributed by atoms with Crippen molar-refractivity contribution in [1.29, 1.82) is 5.26 Å². The molecule has 0 N–H and O–H groups in total. The minimum absolute atomic E-state index is 0.0429. The Hall–Kier alpha value is -3.25. The monoisotopic (exact) mass is 486 g/mol. The van der Waals surface area contributed by atoms with Gasteiger partial charge in [0.15, 0.2) is 5.69 Å². The largest absolute Gasteiger partial charge is 0.282 e. The Labute approximate surface area is 197 Å². The van der Waals surface area contributed by atoms with Gasteiger partial charge in [-0.1, -0.05) is 65.1 Å². The maximum Gasteiger partial charge on any atom is 0.282 e. The second-order valence-corrected chi connectivity index (χ2v) is 8.07. The highest BCUT2D eigenvalue weighted by molar-refractivity contribution is 6.48. The lowest BCUT2D eigenvalue weighted by molar-refractivity contribution is -0.129.